The number of halogens is 1. The van der Waals surface area contributed by atoms with Crippen molar-refractivity contribution in [2.75, 3.05) is 31.6 Å². The first-order valence-corrected chi connectivity index (χ1v) is 12.8. The van der Waals surface area contributed by atoms with Gasteiger partial charge in [0.2, 0.25) is 0 Å². The summed E-state index contributed by atoms with van der Waals surface area (Å²) < 4.78 is 6.74. The SMILES string of the molecule is CN1c2cc(Cl)cc(C(=O)NC3CN4CCC3CC4)c2OC(c2ccccc2)C1c1ccccc1. The van der Waals surface area contributed by atoms with Crippen molar-refractivity contribution in [3.8, 4) is 5.75 Å². The van der Waals surface area contributed by atoms with Crippen molar-refractivity contribution >= 4 is 23.2 Å². The molecule has 180 valence electrons. The van der Waals surface area contributed by atoms with E-state index in [-0.39, 0.29) is 24.1 Å². The monoisotopic (exact) mass is 487 g/mol. The van der Waals surface area contributed by atoms with E-state index in [4.69, 9.17) is 16.3 Å². The quantitative estimate of drug-likeness (QED) is 0.529. The summed E-state index contributed by atoms with van der Waals surface area (Å²) in [6, 6.07) is 24.3. The van der Waals surface area contributed by atoms with E-state index in [2.05, 4.69) is 46.4 Å². The highest BCUT2D eigenvalue weighted by atomic mass is 35.5. The van der Waals surface area contributed by atoms with Crippen LogP contribution in [-0.2, 0) is 0 Å². The number of hydrogen-bond donors (Lipinski definition) is 1. The van der Waals surface area contributed by atoms with Gasteiger partial charge in [-0.2, -0.15) is 0 Å². The van der Waals surface area contributed by atoms with Crippen LogP contribution < -0.4 is 15.0 Å². The number of benzene rings is 3. The first kappa shape index (κ1) is 22.4. The summed E-state index contributed by atoms with van der Waals surface area (Å²) in [5, 5.41) is 3.85. The van der Waals surface area contributed by atoms with Gasteiger partial charge in [-0.15, -0.1) is 0 Å². The zero-order chi connectivity index (χ0) is 23.9. The van der Waals surface area contributed by atoms with Crippen LogP contribution in [0.2, 0.25) is 5.02 Å². The van der Waals surface area contributed by atoms with Gasteiger partial charge < -0.3 is 19.9 Å². The van der Waals surface area contributed by atoms with Gasteiger partial charge in [0.25, 0.3) is 5.91 Å². The molecule has 4 aliphatic heterocycles. The number of carbonyl (C=O) groups is 1. The maximum absolute atomic E-state index is 13.6. The van der Waals surface area contributed by atoms with E-state index in [0.29, 0.717) is 22.3 Å². The molecule has 4 aliphatic rings. The average Bonchev–Trinajstić information content (AvgIpc) is 2.90. The second-order valence-corrected chi connectivity index (χ2v) is 10.4. The van der Waals surface area contributed by atoms with Gasteiger partial charge in [-0.05, 0) is 55.1 Å². The lowest BCUT2D eigenvalue weighted by atomic mass is 9.84. The fourth-order valence-electron chi connectivity index (χ4n) is 5.99. The maximum atomic E-state index is 13.6. The van der Waals surface area contributed by atoms with Crippen LogP contribution in [0.5, 0.6) is 5.75 Å². The van der Waals surface area contributed by atoms with E-state index < -0.39 is 0 Å². The number of hydrogen-bond acceptors (Lipinski definition) is 4. The molecule has 3 unspecified atom stereocenters. The standard InChI is InChI=1S/C29H30ClN3O2/c1-32-25-17-22(30)16-23(29(34)31-24-18-33-14-12-19(24)13-15-33)28(25)35-27(21-10-6-3-7-11-21)26(32)20-8-4-2-5-9-20/h2-11,16-17,19,24,26-27H,12-15,18H2,1H3,(H,31,34). The molecule has 5 nitrogen and oxygen atoms in total. The van der Waals surface area contributed by atoms with Crippen LogP contribution >= 0.6 is 11.6 Å². The van der Waals surface area contributed by atoms with Gasteiger partial charge >= 0.3 is 0 Å². The summed E-state index contributed by atoms with van der Waals surface area (Å²) in [6.07, 6.45) is 2.01. The van der Waals surface area contributed by atoms with Gasteiger partial charge in [-0.25, -0.2) is 0 Å². The van der Waals surface area contributed by atoms with Crippen LogP contribution in [0.15, 0.2) is 72.8 Å². The number of carbonyl (C=O) groups excluding carboxylic acids is 1. The molecule has 0 spiro atoms. The third-order valence-corrected chi connectivity index (χ3v) is 8.07. The molecule has 6 heteroatoms. The van der Waals surface area contributed by atoms with Crippen molar-refractivity contribution in [3.05, 3.63) is 94.5 Å². The second kappa shape index (κ2) is 9.21. The van der Waals surface area contributed by atoms with Crippen molar-refractivity contribution in [3.63, 3.8) is 0 Å². The maximum Gasteiger partial charge on any atom is 0.255 e. The topological polar surface area (TPSA) is 44.8 Å². The predicted molar refractivity (Wildman–Crippen MR) is 139 cm³/mol. The fraction of sp³-hybridized carbons (Fsp3) is 0.345. The molecule has 0 aromatic heterocycles. The predicted octanol–water partition coefficient (Wildman–Crippen LogP) is 5.48. The molecule has 1 N–H and O–H groups in total. The van der Waals surface area contributed by atoms with Crippen molar-refractivity contribution in [2.45, 2.75) is 31.0 Å². The number of ether oxygens (including phenoxy) is 1. The van der Waals surface area contributed by atoms with Crippen LogP contribution in [-0.4, -0.2) is 43.5 Å². The van der Waals surface area contributed by atoms with Gasteiger partial charge in [0.15, 0.2) is 5.75 Å². The summed E-state index contributed by atoms with van der Waals surface area (Å²) in [5.41, 5.74) is 3.55. The number of piperidine rings is 3. The summed E-state index contributed by atoms with van der Waals surface area (Å²) in [4.78, 5) is 18.3. The first-order chi connectivity index (χ1) is 17.1. The normalized spacial score (nSPS) is 27.1. The molecule has 3 fully saturated rings. The lowest BCUT2D eigenvalue weighted by molar-refractivity contribution is 0.0615. The number of amides is 1. The number of nitrogens with one attached hydrogen (secondary N) is 1. The molecule has 3 aromatic rings. The lowest BCUT2D eigenvalue weighted by Crippen LogP contribution is -2.57. The number of rotatable bonds is 4. The largest absolute Gasteiger partial charge is 0.480 e. The Bertz CT molecular complexity index is 1210. The highest BCUT2D eigenvalue weighted by molar-refractivity contribution is 6.31. The minimum Gasteiger partial charge on any atom is -0.480 e. The van der Waals surface area contributed by atoms with Crippen molar-refractivity contribution in [1.82, 2.24) is 10.2 Å². The van der Waals surface area contributed by atoms with Crippen LogP contribution in [0.4, 0.5) is 5.69 Å². The van der Waals surface area contributed by atoms with Crippen LogP contribution in [0.1, 0.15) is 46.5 Å². The Kier molecular flexibility index (Phi) is 5.91. The molecule has 35 heavy (non-hydrogen) atoms. The van der Waals surface area contributed by atoms with Crippen molar-refractivity contribution in [1.29, 1.82) is 0 Å². The summed E-state index contributed by atoms with van der Waals surface area (Å²) in [7, 11) is 2.06. The van der Waals surface area contributed by atoms with E-state index in [1.807, 2.05) is 42.5 Å². The Morgan fingerprint density at radius 1 is 0.971 bits per heavy atom. The van der Waals surface area contributed by atoms with Gasteiger partial charge in [0, 0.05) is 24.7 Å². The molecule has 2 bridgehead atoms. The Morgan fingerprint density at radius 3 is 2.26 bits per heavy atom. The van der Waals surface area contributed by atoms with Crippen molar-refractivity contribution in [2.24, 2.45) is 5.92 Å². The zero-order valence-corrected chi connectivity index (χ0v) is 20.6. The van der Waals surface area contributed by atoms with Crippen LogP contribution in [0, 0.1) is 5.92 Å². The van der Waals surface area contributed by atoms with Gasteiger partial charge in [0.05, 0.1) is 17.3 Å². The summed E-state index contributed by atoms with van der Waals surface area (Å²) >= 11 is 6.57. The first-order valence-electron chi connectivity index (χ1n) is 12.4. The molecule has 3 saturated heterocycles. The van der Waals surface area contributed by atoms with Gasteiger partial charge in [-0.1, -0.05) is 72.3 Å². The number of anilines is 1. The van der Waals surface area contributed by atoms with E-state index in [0.717, 1.165) is 49.3 Å². The van der Waals surface area contributed by atoms with Crippen molar-refractivity contribution < 1.29 is 9.53 Å². The smallest absolute Gasteiger partial charge is 0.255 e. The minimum atomic E-state index is -0.277. The second-order valence-electron chi connectivity index (χ2n) is 9.94. The molecule has 3 aromatic carbocycles. The third-order valence-electron chi connectivity index (χ3n) is 7.85. The highest BCUT2D eigenvalue weighted by Crippen LogP contribution is 2.50. The van der Waals surface area contributed by atoms with E-state index >= 15 is 0 Å². The lowest BCUT2D eigenvalue weighted by Gasteiger charge is -2.45. The van der Waals surface area contributed by atoms with Gasteiger partial charge in [-0.3, -0.25) is 4.79 Å². The highest BCUT2D eigenvalue weighted by Gasteiger charge is 2.40. The zero-order valence-electron chi connectivity index (χ0n) is 19.9. The van der Waals surface area contributed by atoms with Gasteiger partial charge in [0.1, 0.15) is 6.10 Å². The van der Waals surface area contributed by atoms with E-state index in [1.165, 1.54) is 0 Å². The summed E-state index contributed by atoms with van der Waals surface area (Å²) in [5.74, 6) is 1.03. The third kappa shape index (κ3) is 4.17. The Hall–Kier alpha value is -3.02. The molecular weight excluding hydrogens is 458 g/mol. The van der Waals surface area contributed by atoms with E-state index in [1.54, 1.807) is 6.07 Å². The molecule has 0 radical (unpaired) electrons. The molecule has 0 aliphatic carbocycles. The number of nitrogens with zero attached hydrogens (tertiary/aromatic N) is 2. The number of likely N-dealkylation sites (N-methyl/N-ethyl adjacent to an activating group) is 1. The Labute approximate surface area is 211 Å². The average molecular weight is 488 g/mol. The van der Waals surface area contributed by atoms with Crippen LogP contribution in [0.25, 0.3) is 0 Å². The summed E-state index contributed by atoms with van der Waals surface area (Å²) in [6.45, 7) is 3.19. The molecule has 0 saturated carbocycles. The molecule has 1 amide bonds. The molecular formula is C29H30ClN3O2. The molecule has 7 rings (SSSR count). The van der Waals surface area contributed by atoms with Crippen LogP contribution in [0.3, 0.4) is 0 Å². The fourth-order valence-corrected chi connectivity index (χ4v) is 6.21. The minimum absolute atomic E-state index is 0.0673. The van der Waals surface area contributed by atoms with E-state index in [9.17, 15) is 4.79 Å². The Morgan fingerprint density at radius 2 is 1.63 bits per heavy atom. The molecule has 4 heterocycles. The Balaban J connectivity index is 1.39. The number of fused-ring (bicyclic) bond motifs is 4. The molecule has 3 atom stereocenters.